The minimum atomic E-state index is -0.360. The molecule has 5 heteroatoms. The lowest BCUT2D eigenvalue weighted by molar-refractivity contribution is 0.259. The lowest BCUT2D eigenvalue weighted by Crippen LogP contribution is -2.38. The van der Waals surface area contributed by atoms with Gasteiger partial charge in [0, 0.05) is 13.1 Å². The maximum absolute atomic E-state index is 12.2. The van der Waals surface area contributed by atoms with Crippen molar-refractivity contribution in [3.05, 3.63) is 20.4 Å². The molecule has 1 rings (SSSR count). The van der Waals surface area contributed by atoms with Crippen molar-refractivity contribution >= 4 is 11.4 Å². The van der Waals surface area contributed by atoms with Crippen LogP contribution in [-0.4, -0.2) is 37.6 Å². The molecule has 0 spiro atoms. The van der Waals surface area contributed by atoms with Crippen molar-refractivity contribution in [2.75, 3.05) is 43.4 Å². The first-order valence-corrected chi connectivity index (χ1v) is 25.5. The third-order valence-electron chi connectivity index (χ3n) is 12.7. The van der Waals surface area contributed by atoms with Gasteiger partial charge in [-0.1, -0.05) is 234 Å². The van der Waals surface area contributed by atoms with Crippen molar-refractivity contribution in [2.24, 2.45) is 11.8 Å². The van der Waals surface area contributed by atoms with Crippen molar-refractivity contribution in [2.45, 2.75) is 259 Å². The molecular formula is C51H99N3O2. The highest BCUT2D eigenvalue weighted by Crippen LogP contribution is 2.26. The lowest BCUT2D eigenvalue weighted by Gasteiger charge is -2.23. The smallest absolute Gasteiger partial charge is 0.253 e. The molecule has 1 aromatic rings. The number of rotatable bonds is 45. The summed E-state index contributed by atoms with van der Waals surface area (Å²) in [6.45, 7) is 16.3. The molecule has 1 unspecified atom stereocenters. The van der Waals surface area contributed by atoms with Crippen LogP contribution < -0.4 is 21.5 Å². The van der Waals surface area contributed by atoms with Crippen LogP contribution in [0.1, 0.15) is 259 Å². The van der Waals surface area contributed by atoms with E-state index in [1.807, 2.05) is 0 Å². The normalized spacial score (nSPS) is 12.4. The summed E-state index contributed by atoms with van der Waals surface area (Å²) in [5.41, 5.74) is 0.302. The van der Waals surface area contributed by atoms with Crippen LogP contribution in [0.25, 0.3) is 0 Å². The Balaban J connectivity index is 2.47. The molecule has 0 heterocycles. The summed E-state index contributed by atoms with van der Waals surface area (Å²) < 4.78 is 0. The molecule has 0 saturated carbocycles. The van der Waals surface area contributed by atoms with Crippen molar-refractivity contribution in [1.82, 2.24) is 4.90 Å². The zero-order valence-corrected chi connectivity index (χ0v) is 38.7. The van der Waals surface area contributed by atoms with Gasteiger partial charge in [0.15, 0.2) is 0 Å². The molecule has 0 aliphatic heterocycles. The number of unbranched alkanes of at least 4 members (excludes halogenated alkanes) is 21. The molecule has 0 saturated heterocycles. The first-order valence-electron chi connectivity index (χ1n) is 25.5. The minimum Gasteiger partial charge on any atom is -0.380 e. The molecule has 1 aromatic carbocycles. The van der Waals surface area contributed by atoms with Crippen LogP contribution >= 0.6 is 0 Å². The van der Waals surface area contributed by atoms with E-state index < -0.39 is 0 Å². The van der Waals surface area contributed by atoms with E-state index in [-0.39, 0.29) is 10.9 Å². The minimum absolute atomic E-state index is 0.353. The molecule has 0 bridgehead atoms. The molecule has 0 amide bonds. The van der Waals surface area contributed by atoms with Crippen molar-refractivity contribution in [3.63, 3.8) is 0 Å². The summed E-state index contributed by atoms with van der Waals surface area (Å²) in [7, 11) is 0. The lowest BCUT2D eigenvalue weighted by atomic mass is 9.89. The van der Waals surface area contributed by atoms with Crippen LogP contribution in [0.15, 0.2) is 9.59 Å². The van der Waals surface area contributed by atoms with E-state index in [9.17, 15) is 9.59 Å². The summed E-state index contributed by atoms with van der Waals surface area (Å²) in [5.74, 6) is 1.92. The monoisotopic (exact) mass is 786 g/mol. The van der Waals surface area contributed by atoms with E-state index in [2.05, 4.69) is 50.2 Å². The zero-order chi connectivity index (χ0) is 40.7. The Morgan fingerprint density at radius 2 is 0.661 bits per heavy atom. The van der Waals surface area contributed by atoms with E-state index in [4.69, 9.17) is 0 Å². The average molecular weight is 786 g/mol. The number of anilines is 2. The third-order valence-corrected chi connectivity index (χ3v) is 12.7. The quantitative estimate of drug-likeness (QED) is 0.0509. The fourth-order valence-electron chi connectivity index (χ4n) is 8.99. The molecule has 0 fully saturated rings. The van der Waals surface area contributed by atoms with Crippen molar-refractivity contribution in [3.8, 4) is 0 Å². The fraction of sp³-hybridized carbons (Fsp3) is 0.922. The SMILES string of the molecule is CCCCCCCCC(CCCCCCCC)CCCCCCCN(CCCCCCCC(CCC)CCCCCC)CCCNc1c(NCCC)c(=O)c1=O. The first kappa shape index (κ1) is 52.7. The highest BCUT2D eigenvalue weighted by atomic mass is 16.2. The number of hydrogen-bond donors (Lipinski definition) is 2. The molecule has 0 aromatic heterocycles. The molecular weight excluding hydrogens is 687 g/mol. The summed E-state index contributed by atoms with van der Waals surface area (Å²) in [5, 5.41) is 6.46. The van der Waals surface area contributed by atoms with E-state index in [1.54, 1.807) is 0 Å². The van der Waals surface area contributed by atoms with Gasteiger partial charge in [-0.05, 0) is 57.2 Å². The first-order chi connectivity index (χ1) is 27.5. The van der Waals surface area contributed by atoms with Gasteiger partial charge in [-0.15, -0.1) is 0 Å². The van der Waals surface area contributed by atoms with Crippen LogP contribution in [0.5, 0.6) is 0 Å². The Morgan fingerprint density at radius 1 is 0.339 bits per heavy atom. The molecule has 56 heavy (non-hydrogen) atoms. The van der Waals surface area contributed by atoms with E-state index in [0.717, 1.165) is 44.3 Å². The standard InChI is InChI=1S/C51H99N3O2/c1-6-11-14-17-21-29-38-47(39-30-22-18-15-12-7-2)40-31-24-20-26-33-44-54(45-34-42-53-49-48(52-41-10-5)50(55)51(49)56)43-32-25-19-23-28-37-46(35-9-4)36-27-16-13-8-3/h46-47,52-53H,6-45H2,1-5H3. The molecule has 5 nitrogen and oxygen atoms in total. The van der Waals surface area contributed by atoms with Gasteiger partial charge in [0.25, 0.3) is 10.9 Å². The maximum atomic E-state index is 12.2. The summed E-state index contributed by atoms with van der Waals surface area (Å²) in [6.07, 6.45) is 48.4. The average Bonchev–Trinajstić information content (AvgIpc) is 3.20. The molecule has 1 atom stereocenters. The second-order valence-corrected chi connectivity index (χ2v) is 18.1. The van der Waals surface area contributed by atoms with Crippen molar-refractivity contribution < 1.29 is 0 Å². The molecule has 0 aliphatic rings. The third kappa shape index (κ3) is 28.1. The number of hydrogen-bond acceptors (Lipinski definition) is 5. The van der Waals surface area contributed by atoms with E-state index in [1.165, 1.54) is 225 Å². The van der Waals surface area contributed by atoms with Crippen LogP contribution in [0.4, 0.5) is 11.4 Å². The Hall–Kier alpha value is -1.36. The highest BCUT2D eigenvalue weighted by molar-refractivity contribution is 5.73. The van der Waals surface area contributed by atoms with Gasteiger partial charge >= 0.3 is 0 Å². The Bertz CT molecular complexity index is 1020. The second kappa shape index (κ2) is 39.1. The van der Waals surface area contributed by atoms with Gasteiger partial charge in [-0.3, -0.25) is 9.59 Å². The van der Waals surface area contributed by atoms with Gasteiger partial charge in [-0.2, -0.15) is 0 Å². The Morgan fingerprint density at radius 3 is 1.05 bits per heavy atom. The van der Waals surface area contributed by atoms with Crippen LogP contribution in [0.2, 0.25) is 0 Å². The molecule has 0 radical (unpaired) electrons. The van der Waals surface area contributed by atoms with Gasteiger partial charge in [0.2, 0.25) is 0 Å². The molecule has 0 aliphatic carbocycles. The van der Waals surface area contributed by atoms with E-state index in [0.29, 0.717) is 11.4 Å². The van der Waals surface area contributed by atoms with E-state index >= 15 is 0 Å². The van der Waals surface area contributed by atoms with Gasteiger partial charge in [0.1, 0.15) is 11.4 Å². The zero-order valence-electron chi connectivity index (χ0n) is 38.7. The predicted octanol–water partition coefficient (Wildman–Crippen LogP) is 15.4. The number of nitrogens with one attached hydrogen (secondary N) is 2. The summed E-state index contributed by atoms with van der Waals surface area (Å²) >= 11 is 0. The fourth-order valence-corrected chi connectivity index (χ4v) is 8.99. The number of nitrogens with zero attached hydrogens (tertiary/aromatic N) is 1. The molecule has 330 valence electrons. The largest absolute Gasteiger partial charge is 0.380 e. The van der Waals surface area contributed by atoms with Crippen molar-refractivity contribution in [1.29, 1.82) is 0 Å². The maximum Gasteiger partial charge on any atom is 0.253 e. The Kier molecular flexibility index (Phi) is 36.8. The van der Waals surface area contributed by atoms with Crippen LogP contribution in [0.3, 0.4) is 0 Å². The van der Waals surface area contributed by atoms with Gasteiger partial charge in [-0.25, -0.2) is 0 Å². The Labute approximate surface area is 350 Å². The van der Waals surface area contributed by atoms with Crippen LogP contribution in [-0.2, 0) is 0 Å². The highest BCUT2D eigenvalue weighted by Gasteiger charge is 2.20. The van der Waals surface area contributed by atoms with Gasteiger partial charge < -0.3 is 15.5 Å². The summed E-state index contributed by atoms with van der Waals surface area (Å²) in [4.78, 5) is 26.9. The van der Waals surface area contributed by atoms with Crippen LogP contribution in [0, 0.1) is 11.8 Å². The second-order valence-electron chi connectivity index (χ2n) is 18.1. The predicted molar refractivity (Wildman–Crippen MR) is 252 cm³/mol. The summed E-state index contributed by atoms with van der Waals surface area (Å²) in [6, 6.07) is 0. The topological polar surface area (TPSA) is 61.4 Å². The van der Waals surface area contributed by atoms with Gasteiger partial charge in [0.05, 0.1) is 0 Å². The molecule has 2 N–H and O–H groups in total.